The third kappa shape index (κ3) is 2.67. The molecule has 1 aromatic rings. The van der Waals surface area contributed by atoms with Crippen LogP contribution in [0.25, 0.3) is 0 Å². The summed E-state index contributed by atoms with van der Waals surface area (Å²) in [7, 11) is 0.561. The zero-order chi connectivity index (χ0) is 11.8. The van der Waals surface area contributed by atoms with Gasteiger partial charge in [0, 0.05) is 16.2 Å². The summed E-state index contributed by atoms with van der Waals surface area (Å²) in [6.07, 6.45) is -3.06. The molecule has 0 aliphatic rings. The van der Waals surface area contributed by atoms with Crippen molar-refractivity contribution in [2.45, 2.75) is 11.3 Å². The number of hydrogen-bond acceptors (Lipinski definition) is 4. The van der Waals surface area contributed by atoms with Crippen LogP contribution in [-0.2, 0) is 9.05 Å². The molecular formula is C6H4Cl2F2N2O2S. The smallest absolute Gasteiger partial charge is 0.265 e. The Morgan fingerprint density at radius 1 is 1.47 bits per heavy atom. The van der Waals surface area contributed by atoms with E-state index in [1.54, 1.807) is 0 Å². The summed E-state index contributed by atoms with van der Waals surface area (Å²) in [4.78, 5) is 2.43. The van der Waals surface area contributed by atoms with Crippen LogP contribution < -0.4 is 5.73 Å². The van der Waals surface area contributed by atoms with Crippen molar-refractivity contribution in [1.82, 2.24) is 4.98 Å². The van der Waals surface area contributed by atoms with Crippen molar-refractivity contribution in [2.24, 2.45) is 0 Å². The van der Waals surface area contributed by atoms with Crippen LogP contribution in [-0.4, -0.2) is 13.4 Å². The summed E-state index contributed by atoms with van der Waals surface area (Å²) in [6, 6.07) is 0.706. The molecule has 0 aromatic carbocycles. The lowest BCUT2D eigenvalue weighted by atomic mass is 10.3. The number of nitrogen functional groups attached to an aromatic ring is 1. The van der Waals surface area contributed by atoms with Gasteiger partial charge in [0.25, 0.3) is 15.5 Å². The minimum Gasteiger partial charge on any atom is -0.383 e. The van der Waals surface area contributed by atoms with Crippen LogP contribution in [0.3, 0.4) is 0 Å². The lowest BCUT2D eigenvalue weighted by Gasteiger charge is -2.08. The Morgan fingerprint density at radius 2 is 2.00 bits per heavy atom. The highest BCUT2D eigenvalue weighted by atomic mass is 35.7. The van der Waals surface area contributed by atoms with E-state index in [0.717, 1.165) is 0 Å². The largest absolute Gasteiger partial charge is 0.383 e. The Morgan fingerprint density at radius 3 is 2.40 bits per heavy atom. The van der Waals surface area contributed by atoms with E-state index in [9.17, 15) is 17.2 Å². The van der Waals surface area contributed by atoms with E-state index in [1.807, 2.05) is 0 Å². The molecule has 0 atom stereocenters. The van der Waals surface area contributed by atoms with Crippen LogP contribution in [0, 0.1) is 0 Å². The molecule has 4 nitrogen and oxygen atoms in total. The lowest BCUT2D eigenvalue weighted by molar-refractivity contribution is 0.148. The van der Waals surface area contributed by atoms with E-state index in [1.165, 1.54) is 0 Å². The number of aromatic nitrogens is 1. The van der Waals surface area contributed by atoms with Crippen LogP contribution in [0.2, 0.25) is 5.15 Å². The second kappa shape index (κ2) is 4.07. The molecule has 0 fully saturated rings. The molecule has 0 amide bonds. The average Bonchev–Trinajstić information content (AvgIpc) is 1.99. The van der Waals surface area contributed by atoms with Crippen LogP contribution in [0.15, 0.2) is 11.0 Å². The Balaban J connectivity index is 3.62. The number of alkyl halides is 2. The van der Waals surface area contributed by atoms with Crippen molar-refractivity contribution in [2.75, 3.05) is 5.73 Å². The molecule has 0 radical (unpaired) electrons. The molecule has 1 aromatic heterocycles. The van der Waals surface area contributed by atoms with Gasteiger partial charge in [-0.15, -0.1) is 0 Å². The zero-order valence-electron chi connectivity index (χ0n) is 6.92. The number of nitrogens with zero attached hydrogens (tertiary/aromatic N) is 1. The topological polar surface area (TPSA) is 73.0 Å². The van der Waals surface area contributed by atoms with E-state index < -0.39 is 31.8 Å². The quantitative estimate of drug-likeness (QED) is 0.664. The fourth-order valence-electron chi connectivity index (χ4n) is 0.968. The summed E-state index contributed by atoms with van der Waals surface area (Å²) in [5.74, 6) is -0.646. The predicted molar refractivity (Wildman–Crippen MR) is 51.7 cm³/mol. The maximum atomic E-state index is 12.5. The fraction of sp³-hybridized carbons (Fsp3) is 0.167. The van der Waals surface area contributed by atoms with E-state index in [0.29, 0.717) is 6.07 Å². The second-order valence-electron chi connectivity index (χ2n) is 2.49. The van der Waals surface area contributed by atoms with E-state index in [-0.39, 0.29) is 5.15 Å². The van der Waals surface area contributed by atoms with Gasteiger partial charge in [-0.3, -0.25) is 0 Å². The predicted octanol–water partition coefficient (Wildman–Crippen LogP) is 2.18. The highest BCUT2D eigenvalue weighted by Gasteiger charge is 2.26. The minimum absolute atomic E-state index is 0.327. The first-order chi connectivity index (χ1) is 6.73. The number of pyridine rings is 1. The summed E-state index contributed by atoms with van der Waals surface area (Å²) in [5, 5.41) is -0.327. The molecule has 0 saturated carbocycles. The zero-order valence-corrected chi connectivity index (χ0v) is 9.24. The van der Waals surface area contributed by atoms with Gasteiger partial charge in [-0.05, 0) is 6.07 Å². The average molecular weight is 277 g/mol. The number of anilines is 1. The molecule has 0 aliphatic heterocycles. The monoisotopic (exact) mass is 276 g/mol. The SMILES string of the molecule is Nc1nc(Cl)cc(C(F)F)c1S(=O)(=O)Cl. The van der Waals surface area contributed by atoms with Crippen LogP contribution in [0.4, 0.5) is 14.6 Å². The van der Waals surface area contributed by atoms with Crippen LogP contribution in [0.5, 0.6) is 0 Å². The number of halogens is 4. The Labute approximate surface area is 93.4 Å². The van der Waals surface area contributed by atoms with Gasteiger partial charge in [-0.1, -0.05) is 11.6 Å². The summed E-state index contributed by atoms with van der Waals surface area (Å²) in [6.45, 7) is 0. The molecular weight excluding hydrogens is 273 g/mol. The van der Waals surface area contributed by atoms with Gasteiger partial charge < -0.3 is 5.73 Å². The van der Waals surface area contributed by atoms with Gasteiger partial charge in [0.1, 0.15) is 15.9 Å². The Hall–Kier alpha value is -0.660. The van der Waals surface area contributed by atoms with Gasteiger partial charge in [0.15, 0.2) is 0 Å². The molecule has 15 heavy (non-hydrogen) atoms. The Kier molecular flexibility index (Phi) is 3.37. The standard InChI is InChI=1S/C6H4Cl2F2N2O2S/c7-3-1-2(5(9)10)4(6(11)12-3)15(8,13)14/h1,5H,(H2,11,12). The molecule has 1 rings (SSSR count). The number of hydrogen-bond donors (Lipinski definition) is 1. The van der Waals surface area contributed by atoms with Gasteiger partial charge in [-0.2, -0.15) is 0 Å². The van der Waals surface area contributed by atoms with Gasteiger partial charge in [-0.25, -0.2) is 22.2 Å². The Bertz CT molecular complexity index is 492. The maximum absolute atomic E-state index is 12.5. The lowest BCUT2D eigenvalue weighted by Crippen LogP contribution is -2.06. The summed E-state index contributed by atoms with van der Waals surface area (Å²) in [5.41, 5.74) is 4.29. The first-order valence-corrected chi connectivity index (χ1v) is 6.11. The molecule has 84 valence electrons. The van der Waals surface area contributed by atoms with Gasteiger partial charge >= 0.3 is 0 Å². The molecule has 0 spiro atoms. The normalized spacial score (nSPS) is 12.1. The highest BCUT2D eigenvalue weighted by Crippen LogP contribution is 2.33. The molecule has 0 aliphatic carbocycles. The molecule has 0 bridgehead atoms. The minimum atomic E-state index is -4.38. The first-order valence-electron chi connectivity index (χ1n) is 3.42. The van der Waals surface area contributed by atoms with E-state index >= 15 is 0 Å². The molecule has 0 unspecified atom stereocenters. The second-order valence-corrected chi connectivity index (χ2v) is 5.38. The van der Waals surface area contributed by atoms with E-state index in [4.69, 9.17) is 28.0 Å². The van der Waals surface area contributed by atoms with Crippen molar-refractivity contribution in [1.29, 1.82) is 0 Å². The molecule has 0 saturated heterocycles. The van der Waals surface area contributed by atoms with E-state index in [2.05, 4.69) is 4.98 Å². The van der Waals surface area contributed by atoms with Crippen molar-refractivity contribution in [3.05, 3.63) is 16.8 Å². The van der Waals surface area contributed by atoms with Crippen LogP contribution >= 0.6 is 22.3 Å². The number of rotatable bonds is 2. The van der Waals surface area contributed by atoms with Crippen molar-refractivity contribution in [3.63, 3.8) is 0 Å². The molecule has 1 heterocycles. The maximum Gasteiger partial charge on any atom is 0.265 e. The van der Waals surface area contributed by atoms with Crippen molar-refractivity contribution >= 4 is 37.2 Å². The van der Waals surface area contributed by atoms with Crippen molar-refractivity contribution < 1.29 is 17.2 Å². The molecule has 2 N–H and O–H groups in total. The van der Waals surface area contributed by atoms with Gasteiger partial charge in [0.05, 0.1) is 0 Å². The molecule has 9 heteroatoms. The summed E-state index contributed by atoms with van der Waals surface area (Å²) >= 11 is 5.35. The third-order valence-corrected chi connectivity index (χ3v) is 3.06. The summed E-state index contributed by atoms with van der Waals surface area (Å²) < 4.78 is 46.8. The van der Waals surface area contributed by atoms with Gasteiger partial charge in [0.2, 0.25) is 0 Å². The first kappa shape index (κ1) is 12.4. The van der Waals surface area contributed by atoms with Crippen LogP contribution in [0.1, 0.15) is 12.0 Å². The highest BCUT2D eigenvalue weighted by molar-refractivity contribution is 8.13. The number of nitrogens with two attached hydrogens (primary N) is 1. The van der Waals surface area contributed by atoms with Crippen molar-refractivity contribution in [3.8, 4) is 0 Å². The third-order valence-electron chi connectivity index (χ3n) is 1.48. The fourth-order valence-corrected chi connectivity index (χ4v) is 2.41.